The molecule has 2 aromatic carbocycles. The molecule has 1 unspecified atom stereocenters. The average molecular weight is 400 g/mol. The molecule has 2 N–H and O–H groups in total. The minimum Gasteiger partial charge on any atom is -0.497 e. The zero-order valence-electron chi connectivity index (χ0n) is 15.4. The molecule has 4 nitrogen and oxygen atoms in total. The molecule has 2 aromatic rings. The van der Waals surface area contributed by atoms with Gasteiger partial charge in [0.2, 0.25) is 0 Å². The van der Waals surface area contributed by atoms with Gasteiger partial charge in [-0.2, -0.15) is 0 Å². The third kappa shape index (κ3) is 7.83. The largest absolute Gasteiger partial charge is 0.497 e. The van der Waals surface area contributed by atoms with E-state index < -0.39 is 6.10 Å². The molecule has 0 amide bonds. The Morgan fingerprint density at radius 3 is 2.42 bits per heavy atom. The number of nitrogens with one attached hydrogen (secondary N) is 1. The van der Waals surface area contributed by atoms with Crippen LogP contribution in [0, 0.1) is 0 Å². The number of hydrogen-bond acceptors (Lipinski definition) is 4. The molecule has 0 heterocycles. The minimum atomic E-state index is -0.603. The maximum atomic E-state index is 10.1. The first-order valence-electron chi connectivity index (χ1n) is 8.32. The molecule has 0 aromatic heterocycles. The molecule has 0 aliphatic heterocycles. The van der Waals surface area contributed by atoms with E-state index in [0.717, 1.165) is 12.2 Å². The quantitative estimate of drug-likeness (QED) is 0.665. The summed E-state index contributed by atoms with van der Waals surface area (Å²) >= 11 is 5.91. The second kappa shape index (κ2) is 10.6. The van der Waals surface area contributed by atoms with Crippen LogP contribution in [0.15, 0.2) is 48.5 Å². The summed E-state index contributed by atoms with van der Waals surface area (Å²) in [5.74, 6) is 1.51. The summed E-state index contributed by atoms with van der Waals surface area (Å²) in [6, 6.07) is 15.2. The van der Waals surface area contributed by atoms with Crippen molar-refractivity contribution in [1.29, 1.82) is 0 Å². The lowest BCUT2D eigenvalue weighted by atomic mass is 9.94. The van der Waals surface area contributed by atoms with Crippen LogP contribution in [0.25, 0.3) is 0 Å². The van der Waals surface area contributed by atoms with Crippen LogP contribution in [0.5, 0.6) is 11.5 Å². The fraction of sp³-hybridized carbons (Fsp3) is 0.400. The zero-order chi connectivity index (χ0) is 18.3. The Bertz CT molecular complexity index is 662. The predicted octanol–water partition coefficient (Wildman–Crippen LogP) is 4.12. The predicted molar refractivity (Wildman–Crippen MR) is 109 cm³/mol. The third-order valence-corrected chi connectivity index (χ3v) is 4.09. The lowest BCUT2D eigenvalue weighted by molar-refractivity contribution is 0.0988. The number of halogens is 2. The van der Waals surface area contributed by atoms with Crippen molar-refractivity contribution in [1.82, 2.24) is 5.32 Å². The van der Waals surface area contributed by atoms with Gasteiger partial charge in [0.1, 0.15) is 24.2 Å². The van der Waals surface area contributed by atoms with Gasteiger partial charge in [-0.25, -0.2) is 0 Å². The molecule has 6 heteroatoms. The van der Waals surface area contributed by atoms with Crippen LogP contribution in [0.1, 0.15) is 19.4 Å². The van der Waals surface area contributed by atoms with Crippen molar-refractivity contribution in [3.8, 4) is 11.5 Å². The average Bonchev–Trinajstić information content (AvgIpc) is 2.59. The van der Waals surface area contributed by atoms with Crippen LogP contribution >= 0.6 is 24.0 Å². The summed E-state index contributed by atoms with van der Waals surface area (Å²) in [6.07, 6.45) is 0.243. The molecule has 0 aliphatic rings. The molecule has 2 rings (SSSR count). The Hall–Kier alpha value is -1.46. The van der Waals surface area contributed by atoms with Gasteiger partial charge in [0.15, 0.2) is 0 Å². The highest BCUT2D eigenvalue weighted by Gasteiger charge is 2.19. The van der Waals surface area contributed by atoms with Gasteiger partial charge in [0.05, 0.1) is 7.11 Å². The number of ether oxygens (including phenoxy) is 2. The number of methoxy groups -OCH3 is 1. The molecule has 0 bridgehead atoms. The van der Waals surface area contributed by atoms with Gasteiger partial charge < -0.3 is 19.9 Å². The Labute approximate surface area is 166 Å². The highest BCUT2D eigenvalue weighted by molar-refractivity contribution is 6.30. The SMILES string of the molecule is COc1ccc(CC(C)(C)NCC(O)COc2cccc(Cl)c2)cc1.Cl. The standard InChI is InChI=1S/C20H26ClNO3.ClH/c1-20(2,12-15-7-9-18(24-3)10-8-15)22-13-17(23)14-25-19-6-4-5-16(21)11-19;/h4-11,17,22-23H,12-14H2,1-3H3;1H. The van der Waals surface area contributed by atoms with E-state index in [0.29, 0.717) is 17.3 Å². The molecule has 0 spiro atoms. The smallest absolute Gasteiger partial charge is 0.120 e. The monoisotopic (exact) mass is 399 g/mol. The van der Waals surface area contributed by atoms with Crippen molar-refractivity contribution in [2.75, 3.05) is 20.3 Å². The molecular weight excluding hydrogens is 373 g/mol. The number of β-amino-alcohol motifs (C(OH)–C–C–N with tert-alkyl or cyclic N) is 1. The lowest BCUT2D eigenvalue weighted by Crippen LogP contribution is -2.46. The normalized spacial score (nSPS) is 12.2. The van der Waals surface area contributed by atoms with Crippen molar-refractivity contribution >= 4 is 24.0 Å². The van der Waals surface area contributed by atoms with Crippen LogP contribution in [0.4, 0.5) is 0 Å². The topological polar surface area (TPSA) is 50.7 Å². The summed E-state index contributed by atoms with van der Waals surface area (Å²) < 4.78 is 10.7. The van der Waals surface area contributed by atoms with Crippen molar-refractivity contribution in [3.63, 3.8) is 0 Å². The Balaban J connectivity index is 0.00000338. The molecule has 1 atom stereocenters. The molecule has 26 heavy (non-hydrogen) atoms. The zero-order valence-corrected chi connectivity index (χ0v) is 16.9. The molecule has 0 saturated carbocycles. The fourth-order valence-electron chi connectivity index (χ4n) is 2.52. The first-order chi connectivity index (χ1) is 11.9. The highest BCUT2D eigenvalue weighted by Crippen LogP contribution is 2.18. The van der Waals surface area contributed by atoms with Crippen molar-refractivity contribution in [2.24, 2.45) is 0 Å². The highest BCUT2D eigenvalue weighted by atomic mass is 35.5. The van der Waals surface area contributed by atoms with E-state index >= 15 is 0 Å². The maximum absolute atomic E-state index is 10.1. The van der Waals surface area contributed by atoms with E-state index in [1.807, 2.05) is 24.3 Å². The Morgan fingerprint density at radius 2 is 1.81 bits per heavy atom. The lowest BCUT2D eigenvalue weighted by Gasteiger charge is -2.28. The van der Waals surface area contributed by atoms with E-state index in [1.165, 1.54) is 5.56 Å². The Morgan fingerprint density at radius 1 is 1.12 bits per heavy atom. The third-order valence-electron chi connectivity index (χ3n) is 3.86. The fourth-order valence-corrected chi connectivity index (χ4v) is 2.70. The van der Waals surface area contributed by atoms with Crippen LogP contribution in [0.3, 0.4) is 0 Å². The molecule has 144 valence electrons. The van der Waals surface area contributed by atoms with Gasteiger partial charge in [-0.15, -0.1) is 12.4 Å². The number of hydrogen-bond donors (Lipinski definition) is 2. The number of rotatable bonds is 9. The summed E-state index contributed by atoms with van der Waals surface area (Å²) in [7, 11) is 1.66. The van der Waals surface area contributed by atoms with Crippen LogP contribution < -0.4 is 14.8 Å². The Kier molecular flexibility index (Phi) is 9.23. The van der Waals surface area contributed by atoms with E-state index in [1.54, 1.807) is 19.2 Å². The second-order valence-corrected chi connectivity index (χ2v) is 7.15. The van der Waals surface area contributed by atoms with E-state index in [4.69, 9.17) is 21.1 Å². The van der Waals surface area contributed by atoms with E-state index in [-0.39, 0.29) is 24.6 Å². The number of benzene rings is 2. The van der Waals surface area contributed by atoms with Gasteiger partial charge in [0.25, 0.3) is 0 Å². The van der Waals surface area contributed by atoms with Gasteiger partial charge >= 0.3 is 0 Å². The molecule has 0 radical (unpaired) electrons. The van der Waals surface area contributed by atoms with Gasteiger partial charge in [-0.3, -0.25) is 0 Å². The summed E-state index contributed by atoms with van der Waals surface area (Å²) in [4.78, 5) is 0. The van der Waals surface area contributed by atoms with E-state index in [2.05, 4.69) is 31.3 Å². The van der Waals surface area contributed by atoms with Gasteiger partial charge in [-0.05, 0) is 56.2 Å². The van der Waals surface area contributed by atoms with E-state index in [9.17, 15) is 5.11 Å². The first-order valence-corrected chi connectivity index (χ1v) is 8.70. The van der Waals surface area contributed by atoms with Crippen molar-refractivity contribution in [2.45, 2.75) is 31.9 Å². The first kappa shape index (κ1) is 22.6. The van der Waals surface area contributed by atoms with Crippen LogP contribution in [-0.4, -0.2) is 37.0 Å². The number of aliphatic hydroxyl groups excluding tert-OH is 1. The summed E-state index contributed by atoms with van der Waals surface area (Å²) in [6.45, 7) is 4.89. The van der Waals surface area contributed by atoms with Gasteiger partial charge in [0, 0.05) is 17.1 Å². The molecule has 0 fully saturated rings. The van der Waals surface area contributed by atoms with Crippen molar-refractivity contribution < 1.29 is 14.6 Å². The summed E-state index contributed by atoms with van der Waals surface area (Å²) in [5, 5.41) is 14.2. The molecular formula is C20H27Cl2NO3. The van der Waals surface area contributed by atoms with Crippen LogP contribution in [-0.2, 0) is 6.42 Å². The minimum absolute atomic E-state index is 0. The van der Waals surface area contributed by atoms with Crippen LogP contribution in [0.2, 0.25) is 5.02 Å². The summed E-state index contributed by atoms with van der Waals surface area (Å²) in [5.41, 5.74) is 1.06. The molecule has 0 aliphatic carbocycles. The second-order valence-electron chi connectivity index (χ2n) is 6.71. The molecule has 0 saturated heterocycles. The number of aliphatic hydroxyl groups is 1. The van der Waals surface area contributed by atoms with Crippen molar-refractivity contribution in [3.05, 3.63) is 59.1 Å². The maximum Gasteiger partial charge on any atom is 0.120 e. The van der Waals surface area contributed by atoms with Gasteiger partial charge in [-0.1, -0.05) is 29.8 Å².